The molecule has 0 aromatic heterocycles. The van der Waals surface area contributed by atoms with Crippen LogP contribution in [0.25, 0.3) is 0 Å². The molecule has 0 radical (unpaired) electrons. The molecule has 6 aliphatic rings. The lowest BCUT2D eigenvalue weighted by atomic mass is 9.70. The number of amides is 5. The Morgan fingerprint density at radius 1 is 0.830 bits per heavy atom. The van der Waals surface area contributed by atoms with E-state index in [1.165, 1.54) is 0 Å². The number of likely N-dealkylation sites (tertiary alicyclic amines) is 1. The van der Waals surface area contributed by atoms with Crippen LogP contribution in [0.3, 0.4) is 0 Å². The Hall–Kier alpha value is -2.70. The van der Waals surface area contributed by atoms with Gasteiger partial charge in [0.1, 0.15) is 12.1 Å². The SMILES string of the molecule is CC1(C(NC(=O)NC2(CS(=O)(=O)C(C)(C)C)CCCCC2)C(=O)N2C[C@H]3[C@@H]([C@H]2C(=O)NC(CCC2CC2)C(=O)C(=O)NC2CC2)C3(C)C)CCCCC1. The Kier molecular flexibility index (Phi) is 11.1. The molecule has 13 heteroatoms. The van der Waals surface area contributed by atoms with E-state index in [9.17, 15) is 32.4 Å². The second-order valence-corrected chi connectivity index (χ2v) is 22.3. The molecule has 53 heavy (non-hydrogen) atoms. The fourth-order valence-electron chi connectivity index (χ4n) is 9.66. The maximum absolute atomic E-state index is 15.0. The Bertz CT molecular complexity index is 1550. The minimum atomic E-state index is -3.56. The highest BCUT2D eigenvalue weighted by Gasteiger charge is 2.70. The lowest BCUT2D eigenvalue weighted by Gasteiger charge is -2.44. The van der Waals surface area contributed by atoms with Crippen LogP contribution in [0.15, 0.2) is 0 Å². The number of Topliss-reactive ketones (excluding diaryl/α,β-unsaturated/α-hetero) is 1. The quantitative estimate of drug-likeness (QED) is 0.188. The molecule has 0 aromatic carbocycles. The first-order valence-corrected chi connectivity index (χ1v) is 22.2. The molecule has 5 amide bonds. The van der Waals surface area contributed by atoms with Crippen molar-refractivity contribution in [3.8, 4) is 0 Å². The van der Waals surface area contributed by atoms with Gasteiger partial charge in [-0.3, -0.25) is 19.2 Å². The molecular formula is C40H65N5O7S. The topological polar surface area (TPSA) is 171 Å². The van der Waals surface area contributed by atoms with Crippen LogP contribution in [-0.4, -0.2) is 89.6 Å². The predicted molar refractivity (Wildman–Crippen MR) is 202 cm³/mol. The van der Waals surface area contributed by atoms with Crippen LogP contribution in [-0.2, 0) is 29.0 Å². The average molecular weight is 760 g/mol. The maximum Gasteiger partial charge on any atom is 0.315 e. The van der Waals surface area contributed by atoms with E-state index in [1.807, 2.05) is 6.92 Å². The minimum Gasteiger partial charge on any atom is -0.347 e. The van der Waals surface area contributed by atoms with Crippen molar-refractivity contribution in [2.45, 2.75) is 179 Å². The van der Waals surface area contributed by atoms with E-state index in [1.54, 1.807) is 25.7 Å². The predicted octanol–water partition coefficient (Wildman–Crippen LogP) is 4.55. The van der Waals surface area contributed by atoms with E-state index in [0.717, 1.165) is 83.5 Å². The van der Waals surface area contributed by atoms with Gasteiger partial charge >= 0.3 is 6.03 Å². The first-order valence-electron chi connectivity index (χ1n) is 20.5. The number of hydrogen-bond donors (Lipinski definition) is 4. The van der Waals surface area contributed by atoms with Crippen LogP contribution in [0.2, 0.25) is 0 Å². The standard InChI is InChI=1S/C40H65N5O7S/c1-37(2,3)53(51,52)24-40(21-11-8-12-22-40)44-36(50)43-32(39(6)19-9-7-10-20-39)35(49)45-23-27-29(38(27,4)5)30(45)33(47)42-28(18-15-25-13-14-25)31(46)34(48)41-26-16-17-26/h25-30,32H,7-24H2,1-6H3,(H,41,48)(H,42,47)(H2,43,44,50)/t27-,28?,29-,30-,32?/m0/s1. The number of hydrogen-bond acceptors (Lipinski definition) is 7. The molecule has 5 aliphatic carbocycles. The van der Waals surface area contributed by atoms with Gasteiger partial charge in [-0.25, -0.2) is 13.2 Å². The summed E-state index contributed by atoms with van der Waals surface area (Å²) in [5, 5.41) is 11.9. The summed E-state index contributed by atoms with van der Waals surface area (Å²) in [5.41, 5.74) is -1.70. The summed E-state index contributed by atoms with van der Waals surface area (Å²) in [7, 11) is -3.56. The fraction of sp³-hybridized carbons (Fsp3) is 0.875. The molecule has 298 valence electrons. The number of fused-ring (bicyclic) bond motifs is 1. The molecule has 6 rings (SSSR count). The summed E-state index contributed by atoms with van der Waals surface area (Å²) in [6.07, 6.45) is 12.9. The molecule has 0 bridgehead atoms. The van der Waals surface area contributed by atoms with Gasteiger partial charge < -0.3 is 26.2 Å². The van der Waals surface area contributed by atoms with Crippen molar-refractivity contribution in [1.29, 1.82) is 0 Å². The molecule has 0 spiro atoms. The van der Waals surface area contributed by atoms with Crippen molar-refractivity contribution in [3.05, 3.63) is 0 Å². The molecule has 12 nitrogen and oxygen atoms in total. The van der Waals surface area contributed by atoms with Gasteiger partial charge in [-0.1, -0.05) is 72.1 Å². The van der Waals surface area contributed by atoms with E-state index >= 15 is 0 Å². The highest BCUT2D eigenvalue weighted by molar-refractivity contribution is 7.92. The van der Waals surface area contributed by atoms with Crippen LogP contribution >= 0.6 is 0 Å². The zero-order chi connectivity index (χ0) is 38.6. The summed E-state index contributed by atoms with van der Waals surface area (Å²) >= 11 is 0. The Labute approximate surface area is 316 Å². The highest BCUT2D eigenvalue weighted by atomic mass is 32.2. The summed E-state index contributed by atoms with van der Waals surface area (Å²) < 4.78 is 26.0. The van der Waals surface area contributed by atoms with Gasteiger partial charge in [0.15, 0.2) is 9.84 Å². The molecule has 6 fully saturated rings. The van der Waals surface area contributed by atoms with Crippen molar-refractivity contribution in [2.24, 2.45) is 28.6 Å². The van der Waals surface area contributed by atoms with Crippen molar-refractivity contribution in [1.82, 2.24) is 26.2 Å². The van der Waals surface area contributed by atoms with Crippen LogP contribution in [0.5, 0.6) is 0 Å². The van der Waals surface area contributed by atoms with Crippen molar-refractivity contribution in [2.75, 3.05) is 12.3 Å². The third-order valence-corrected chi connectivity index (χ3v) is 16.7. The van der Waals surface area contributed by atoms with Gasteiger partial charge in [-0.2, -0.15) is 0 Å². The Balaban J connectivity index is 1.23. The number of sulfone groups is 1. The van der Waals surface area contributed by atoms with E-state index in [0.29, 0.717) is 31.7 Å². The fourth-order valence-corrected chi connectivity index (χ4v) is 11.2. The van der Waals surface area contributed by atoms with Crippen molar-refractivity contribution < 1.29 is 32.4 Å². The molecule has 5 saturated carbocycles. The van der Waals surface area contributed by atoms with Gasteiger partial charge in [-0.15, -0.1) is 0 Å². The van der Waals surface area contributed by atoms with Gasteiger partial charge in [0, 0.05) is 12.6 Å². The number of urea groups is 1. The monoisotopic (exact) mass is 759 g/mol. The van der Waals surface area contributed by atoms with E-state index in [4.69, 9.17) is 0 Å². The lowest BCUT2D eigenvalue weighted by molar-refractivity contribution is -0.146. The van der Waals surface area contributed by atoms with Gasteiger partial charge in [-0.05, 0) is 101 Å². The van der Waals surface area contributed by atoms with E-state index < -0.39 is 67.3 Å². The average Bonchev–Trinajstić information content (AvgIpc) is 4.04. The van der Waals surface area contributed by atoms with Crippen LogP contribution in [0.4, 0.5) is 4.79 Å². The van der Waals surface area contributed by atoms with Gasteiger partial charge in [0.2, 0.25) is 17.6 Å². The Morgan fingerprint density at radius 2 is 1.43 bits per heavy atom. The van der Waals surface area contributed by atoms with Crippen molar-refractivity contribution in [3.63, 3.8) is 0 Å². The Morgan fingerprint density at radius 3 is 2.00 bits per heavy atom. The number of ketones is 1. The molecular weight excluding hydrogens is 695 g/mol. The largest absolute Gasteiger partial charge is 0.347 e. The second-order valence-electron chi connectivity index (χ2n) is 19.5. The smallest absolute Gasteiger partial charge is 0.315 e. The zero-order valence-electron chi connectivity index (χ0n) is 33.0. The number of nitrogens with one attached hydrogen (secondary N) is 4. The highest BCUT2D eigenvalue weighted by Crippen LogP contribution is 2.65. The van der Waals surface area contributed by atoms with E-state index in [2.05, 4.69) is 35.1 Å². The number of rotatable bonds is 14. The number of carbonyl (C=O) groups excluding carboxylic acids is 5. The lowest BCUT2D eigenvalue weighted by Crippen LogP contribution is -2.65. The van der Waals surface area contributed by atoms with Crippen LogP contribution in [0.1, 0.15) is 144 Å². The van der Waals surface area contributed by atoms with Crippen LogP contribution in [0, 0.1) is 28.6 Å². The molecule has 5 atom stereocenters. The zero-order valence-corrected chi connectivity index (χ0v) is 33.8. The minimum absolute atomic E-state index is 0.0147. The third kappa shape index (κ3) is 8.75. The van der Waals surface area contributed by atoms with Gasteiger partial charge in [0.25, 0.3) is 5.91 Å². The molecule has 0 aromatic rings. The third-order valence-electron chi connectivity index (χ3n) is 13.9. The van der Waals surface area contributed by atoms with Crippen molar-refractivity contribution >= 4 is 39.4 Å². The molecule has 2 unspecified atom stereocenters. The summed E-state index contributed by atoms with van der Waals surface area (Å²) in [4.78, 5) is 71.4. The molecule has 1 aliphatic heterocycles. The number of carbonyl (C=O) groups is 5. The summed E-state index contributed by atoms with van der Waals surface area (Å²) in [6.45, 7) is 11.6. The summed E-state index contributed by atoms with van der Waals surface area (Å²) in [5.74, 6) is -1.74. The first-order chi connectivity index (χ1) is 24.8. The number of piperidine rings is 1. The second kappa shape index (κ2) is 14.8. The summed E-state index contributed by atoms with van der Waals surface area (Å²) in [6, 6.07) is -3.28. The molecule has 1 heterocycles. The first kappa shape index (κ1) is 40.0. The number of nitrogens with zero attached hydrogens (tertiary/aromatic N) is 1. The maximum atomic E-state index is 15.0. The molecule has 4 N–H and O–H groups in total. The molecule has 1 saturated heterocycles. The normalized spacial score (nSPS) is 28.5. The van der Waals surface area contributed by atoms with Gasteiger partial charge in [0.05, 0.1) is 22.1 Å². The van der Waals surface area contributed by atoms with E-state index in [-0.39, 0.29) is 35.0 Å². The van der Waals surface area contributed by atoms with Crippen LogP contribution < -0.4 is 21.3 Å².